The van der Waals surface area contributed by atoms with Crippen molar-refractivity contribution in [1.82, 2.24) is 9.13 Å². The van der Waals surface area contributed by atoms with E-state index < -0.39 is 0 Å². The minimum Gasteiger partial charge on any atom is -1.00 e. The maximum atomic E-state index is 8.26. The zero-order valence-corrected chi connectivity index (χ0v) is 11.9. The average Bonchev–Trinajstić information content (AvgIpc) is 2.65. The van der Waals surface area contributed by atoms with Crippen LogP contribution in [0.4, 0.5) is 0 Å². The van der Waals surface area contributed by atoms with Crippen LogP contribution in [0.5, 0.6) is 0 Å². The Labute approximate surface area is 119 Å². The van der Waals surface area contributed by atoms with Gasteiger partial charge in [0.25, 0.3) is 0 Å². The lowest BCUT2D eigenvalue weighted by Gasteiger charge is -2.04. The fourth-order valence-electron chi connectivity index (χ4n) is 2.20. The van der Waals surface area contributed by atoms with Crippen LogP contribution in [0.25, 0.3) is 11.0 Å². The normalized spacial score (nSPS) is 10.2. The van der Waals surface area contributed by atoms with E-state index in [4.69, 9.17) is 10.1 Å². The number of benzene rings is 1. The highest BCUT2D eigenvalue weighted by molar-refractivity contribution is 5.75. The van der Waals surface area contributed by atoms with Gasteiger partial charge in [-0.1, -0.05) is 25.6 Å². The fraction of sp³-hybridized carbons (Fsp3) is 0.357. The molecule has 19 heavy (non-hydrogen) atoms. The van der Waals surface area contributed by atoms with E-state index in [0.717, 1.165) is 24.0 Å². The predicted octanol–water partition coefficient (Wildman–Crippen LogP) is -0.504. The zero-order valence-electron chi connectivity index (χ0n) is 11.1. The standard InChI is InChI=1S/C14H19N3O.ClH/c1-3-9-16-12-7-5-6-8-13(12)17(14(16)15)10-11-18-4-2;/h4-8,15H,2-3,9-11H2,1H3;1H/p-1. The number of ether oxygens (including phenoxy) is 1. The molecule has 0 aliphatic carbocycles. The summed E-state index contributed by atoms with van der Waals surface area (Å²) < 4.78 is 9.19. The Bertz CT molecular complexity index is 600. The molecule has 1 heterocycles. The summed E-state index contributed by atoms with van der Waals surface area (Å²) in [5.74, 6) is 0. The van der Waals surface area contributed by atoms with Crippen LogP contribution >= 0.6 is 0 Å². The Morgan fingerprint density at radius 1 is 1.21 bits per heavy atom. The quantitative estimate of drug-likeness (QED) is 0.562. The number of hydrogen-bond donors (Lipinski definition) is 1. The number of nitrogens with one attached hydrogen (secondary N) is 1. The molecule has 2 aromatic rings. The second-order valence-corrected chi connectivity index (χ2v) is 4.15. The van der Waals surface area contributed by atoms with Crippen molar-refractivity contribution in [1.29, 1.82) is 5.41 Å². The Morgan fingerprint density at radius 2 is 1.79 bits per heavy atom. The Balaban J connectivity index is 0.00000180. The molecule has 0 bridgehead atoms. The molecule has 104 valence electrons. The topological polar surface area (TPSA) is 42.9 Å². The number of hydrogen-bond acceptors (Lipinski definition) is 2. The van der Waals surface area contributed by atoms with Crippen LogP contribution in [0.15, 0.2) is 37.1 Å². The van der Waals surface area contributed by atoms with Crippen molar-refractivity contribution in [3.8, 4) is 0 Å². The van der Waals surface area contributed by atoms with Crippen LogP contribution in [0.2, 0.25) is 0 Å². The molecule has 0 aliphatic rings. The van der Waals surface area contributed by atoms with Crippen LogP contribution in [0.1, 0.15) is 13.3 Å². The van der Waals surface area contributed by atoms with Crippen LogP contribution in [-0.4, -0.2) is 15.7 Å². The first-order valence-electron chi connectivity index (χ1n) is 6.24. The molecule has 4 nitrogen and oxygen atoms in total. The second-order valence-electron chi connectivity index (χ2n) is 4.15. The van der Waals surface area contributed by atoms with Gasteiger partial charge >= 0.3 is 0 Å². The van der Waals surface area contributed by atoms with Gasteiger partial charge < -0.3 is 26.3 Å². The molecule has 2 rings (SSSR count). The largest absolute Gasteiger partial charge is 1.00 e. The molecule has 0 saturated heterocycles. The van der Waals surface area contributed by atoms with Gasteiger partial charge in [0, 0.05) is 6.54 Å². The molecule has 0 saturated carbocycles. The van der Waals surface area contributed by atoms with Crippen molar-refractivity contribution in [3.05, 3.63) is 42.7 Å². The van der Waals surface area contributed by atoms with Gasteiger partial charge in [-0.2, -0.15) is 0 Å². The molecule has 0 aliphatic heterocycles. The molecular weight excluding hydrogens is 262 g/mol. The van der Waals surface area contributed by atoms with E-state index >= 15 is 0 Å². The average molecular weight is 281 g/mol. The number of aromatic nitrogens is 2. The molecule has 0 atom stereocenters. The maximum absolute atomic E-state index is 8.26. The summed E-state index contributed by atoms with van der Waals surface area (Å²) in [6.07, 6.45) is 2.46. The maximum Gasteiger partial charge on any atom is 0.203 e. The molecular formula is C14H19ClN3O-. The zero-order chi connectivity index (χ0) is 13.0. The number of nitrogens with zero attached hydrogens (tertiary/aromatic N) is 2. The molecule has 1 aromatic heterocycles. The van der Waals surface area contributed by atoms with E-state index in [2.05, 4.69) is 19.6 Å². The Kier molecular flexibility index (Phi) is 5.70. The minimum atomic E-state index is 0. The summed E-state index contributed by atoms with van der Waals surface area (Å²) in [5.41, 5.74) is 2.73. The third kappa shape index (κ3) is 3.01. The van der Waals surface area contributed by atoms with E-state index in [1.807, 2.05) is 27.3 Å². The van der Waals surface area contributed by atoms with Gasteiger partial charge in [-0.3, -0.25) is 5.41 Å². The van der Waals surface area contributed by atoms with Crippen molar-refractivity contribution in [2.24, 2.45) is 0 Å². The Hall–Kier alpha value is -1.68. The smallest absolute Gasteiger partial charge is 0.203 e. The molecule has 1 N–H and O–H groups in total. The van der Waals surface area contributed by atoms with Crippen LogP contribution in [0, 0.1) is 5.41 Å². The SMILES string of the molecule is C=COCCn1c(=N)n(CCC)c2ccccc21.[Cl-]. The van der Waals surface area contributed by atoms with E-state index in [-0.39, 0.29) is 12.4 Å². The molecule has 0 spiro atoms. The first kappa shape index (κ1) is 15.4. The first-order valence-corrected chi connectivity index (χ1v) is 6.24. The fourth-order valence-corrected chi connectivity index (χ4v) is 2.20. The van der Waals surface area contributed by atoms with Gasteiger partial charge in [0.2, 0.25) is 5.62 Å². The lowest BCUT2D eigenvalue weighted by Crippen LogP contribution is -3.00. The van der Waals surface area contributed by atoms with Crippen LogP contribution in [0.3, 0.4) is 0 Å². The third-order valence-corrected chi connectivity index (χ3v) is 2.97. The van der Waals surface area contributed by atoms with Gasteiger partial charge in [0.1, 0.15) is 6.61 Å². The van der Waals surface area contributed by atoms with Gasteiger partial charge in [-0.05, 0) is 18.6 Å². The number of imidazole rings is 1. The number of rotatable bonds is 6. The number of aryl methyl sites for hydroxylation is 1. The van der Waals surface area contributed by atoms with Crippen molar-refractivity contribution < 1.29 is 17.1 Å². The van der Waals surface area contributed by atoms with Gasteiger partial charge in [-0.15, -0.1) is 0 Å². The van der Waals surface area contributed by atoms with Crippen molar-refractivity contribution in [2.75, 3.05) is 6.61 Å². The minimum absolute atomic E-state index is 0. The highest BCUT2D eigenvalue weighted by Crippen LogP contribution is 2.12. The monoisotopic (exact) mass is 280 g/mol. The van der Waals surface area contributed by atoms with Crippen LogP contribution < -0.4 is 18.0 Å². The molecule has 0 amide bonds. The highest BCUT2D eigenvalue weighted by atomic mass is 35.5. The summed E-state index contributed by atoms with van der Waals surface area (Å²) >= 11 is 0. The lowest BCUT2D eigenvalue weighted by atomic mass is 10.3. The molecule has 0 radical (unpaired) electrons. The van der Waals surface area contributed by atoms with E-state index in [9.17, 15) is 0 Å². The van der Waals surface area contributed by atoms with E-state index in [0.29, 0.717) is 18.8 Å². The van der Waals surface area contributed by atoms with E-state index in [1.54, 1.807) is 0 Å². The molecule has 5 heteroatoms. The van der Waals surface area contributed by atoms with Crippen molar-refractivity contribution in [3.63, 3.8) is 0 Å². The molecule has 1 aromatic carbocycles. The van der Waals surface area contributed by atoms with Crippen LogP contribution in [-0.2, 0) is 17.8 Å². The summed E-state index contributed by atoms with van der Waals surface area (Å²) in [6.45, 7) is 7.73. The number of para-hydroxylation sites is 2. The number of halogens is 1. The highest BCUT2D eigenvalue weighted by Gasteiger charge is 2.09. The summed E-state index contributed by atoms with van der Waals surface area (Å²) in [7, 11) is 0. The van der Waals surface area contributed by atoms with Gasteiger partial charge in [-0.25, -0.2) is 0 Å². The third-order valence-electron chi connectivity index (χ3n) is 2.97. The van der Waals surface area contributed by atoms with Gasteiger partial charge in [0.15, 0.2) is 0 Å². The Morgan fingerprint density at radius 3 is 2.32 bits per heavy atom. The second kappa shape index (κ2) is 7.04. The lowest BCUT2D eigenvalue weighted by molar-refractivity contribution is -0.00000451. The summed E-state index contributed by atoms with van der Waals surface area (Å²) in [6, 6.07) is 8.13. The number of fused-ring (bicyclic) bond motifs is 1. The summed E-state index contributed by atoms with van der Waals surface area (Å²) in [4.78, 5) is 0. The molecule has 0 unspecified atom stereocenters. The van der Waals surface area contributed by atoms with E-state index in [1.165, 1.54) is 6.26 Å². The van der Waals surface area contributed by atoms with Crippen molar-refractivity contribution >= 4 is 11.0 Å². The predicted molar refractivity (Wildman–Crippen MR) is 72.2 cm³/mol. The van der Waals surface area contributed by atoms with Gasteiger partial charge in [0.05, 0.1) is 23.8 Å². The summed E-state index contributed by atoms with van der Waals surface area (Å²) in [5, 5.41) is 8.26. The van der Waals surface area contributed by atoms with Crippen molar-refractivity contribution in [2.45, 2.75) is 26.4 Å². The molecule has 0 fully saturated rings. The first-order chi connectivity index (χ1) is 8.79.